The van der Waals surface area contributed by atoms with Crippen LogP contribution >= 0.6 is 23.2 Å². The molecule has 0 radical (unpaired) electrons. The Kier molecular flexibility index (Phi) is 5.40. The number of hydrogen-bond acceptors (Lipinski definition) is 4. The highest BCUT2D eigenvalue weighted by atomic mass is 35.5. The Morgan fingerprint density at radius 3 is 2.45 bits per heavy atom. The average molecular weight is 452 g/mol. The number of rotatable bonds is 3. The average Bonchev–Trinajstić information content (AvgIpc) is 2.89. The summed E-state index contributed by atoms with van der Waals surface area (Å²) >= 11 is 11.2. The number of amides is 2. The van der Waals surface area contributed by atoms with Crippen LogP contribution in [0.1, 0.15) is 16.7 Å². The molecule has 0 spiro atoms. The molecule has 1 heterocycles. The van der Waals surface area contributed by atoms with E-state index in [1.807, 2.05) is 0 Å². The lowest BCUT2D eigenvalue weighted by molar-refractivity contribution is -0.137. The lowest BCUT2D eigenvalue weighted by atomic mass is 9.88. The first-order valence-electron chi connectivity index (χ1n) is 7.87. The minimum atomic E-state index is -4.80. The second-order valence-electron chi connectivity index (χ2n) is 5.89. The zero-order chi connectivity index (χ0) is 21.6. The van der Waals surface area contributed by atoms with Gasteiger partial charge in [-0.25, -0.2) is 14.1 Å². The van der Waals surface area contributed by atoms with Crippen LogP contribution in [0.25, 0.3) is 0 Å². The van der Waals surface area contributed by atoms with E-state index in [0.717, 1.165) is 12.1 Å². The van der Waals surface area contributed by atoms with E-state index in [9.17, 15) is 22.8 Å². The van der Waals surface area contributed by atoms with Crippen LogP contribution in [0.5, 0.6) is 5.75 Å². The number of carbonyl (C=O) groups is 2. The fourth-order valence-electron chi connectivity index (χ4n) is 3.07. The molecule has 0 saturated heterocycles. The van der Waals surface area contributed by atoms with Gasteiger partial charge in [-0.1, -0.05) is 29.3 Å². The monoisotopic (exact) mass is 451 g/mol. The number of alkyl halides is 5. The van der Waals surface area contributed by atoms with Crippen molar-refractivity contribution in [2.45, 2.75) is 11.8 Å². The highest BCUT2D eigenvalue weighted by Crippen LogP contribution is 2.51. The van der Waals surface area contributed by atoms with E-state index in [-0.39, 0.29) is 21.2 Å². The highest BCUT2D eigenvalue weighted by molar-refractivity contribution is 6.31. The Balaban J connectivity index is 2.31. The van der Waals surface area contributed by atoms with Gasteiger partial charge in [0.25, 0.3) is 5.91 Å². The van der Waals surface area contributed by atoms with Crippen LogP contribution < -0.4 is 9.64 Å². The van der Waals surface area contributed by atoms with E-state index in [4.69, 9.17) is 27.9 Å². The maximum absolute atomic E-state index is 16.3. The molecule has 0 saturated carbocycles. The summed E-state index contributed by atoms with van der Waals surface area (Å²) in [4.78, 5) is 25.4. The lowest BCUT2D eigenvalue weighted by Crippen LogP contribution is -2.42. The molecule has 2 amide bonds. The van der Waals surface area contributed by atoms with Crippen LogP contribution in [-0.4, -0.2) is 25.2 Å². The number of ether oxygens (including phenoxy) is 2. The topological polar surface area (TPSA) is 55.8 Å². The molecule has 2 aromatic carbocycles. The van der Waals surface area contributed by atoms with Gasteiger partial charge in [0, 0.05) is 16.1 Å². The summed E-state index contributed by atoms with van der Waals surface area (Å²) in [6.07, 6.45) is -6.22. The van der Waals surface area contributed by atoms with Gasteiger partial charge in [0.15, 0.2) is 6.07 Å². The zero-order valence-electron chi connectivity index (χ0n) is 14.5. The molecule has 0 aliphatic carbocycles. The van der Waals surface area contributed by atoms with Crippen molar-refractivity contribution in [1.29, 1.82) is 0 Å². The Morgan fingerprint density at radius 2 is 1.86 bits per heavy atom. The third kappa shape index (κ3) is 3.38. The fourth-order valence-corrected chi connectivity index (χ4v) is 3.33. The second-order valence-corrected chi connectivity index (χ2v) is 6.55. The Morgan fingerprint density at radius 1 is 1.17 bits per heavy atom. The molecule has 1 aliphatic rings. The van der Waals surface area contributed by atoms with Crippen LogP contribution in [0, 0.1) is 0 Å². The van der Waals surface area contributed by atoms with Gasteiger partial charge in [-0.3, -0.25) is 4.79 Å². The minimum absolute atomic E-state index is 0.0425. The quantitative estimate of drug-likeness (QED) is 0.471. The number of hydrogen-bond donors (Lipinski definition) is 0. The number of carbonyl (C=O) groups excluding carboxylic acids is 2. The van der Waals surface area contributed by atoms with Gasteiger partial charge in [-0.15, -0.1) is 0 Å². The van der Waals surface area contributed by atoms with Crippen molar-refractivity contribution in [2.75, 3.05) is 18.1 Å². The van der Waals surface area contributed by atoms with Crippen LogP contribution in [0.15, 0.2) is 36.4 Å². The first kappa shape index (κ1) is 21.2. The van der Waals surface area contributed by atoms with Crippen LogP contribution in [0.2, 0.25) is 5.02 Å². The van der Waals surface area contributed by atoms with Crippen molar-refractivity contribution >= 4 is 40.9 Å². The van der Waals surface area contributed by atoms with Gasteiger partial charge in [0.1, 0.15) is 5.75 Å². The minimum Gasteiger partial charge on any atom is -0.496 e. The lowest BCUT2D eigenvalue weighted by Gasteiger charge is -2.22. The smallest absolute Gasteiger partial charge is 0.422 e. The molecule has 0 bridgehead atoms. The van der Waals surface area contributed by atoms with Crippen LogP contribution in [-0.2, 0) is 21.4 Å². The third-order valence-electron chi connectivity index (χ3n) is 4.33. The summed E-state index contributed by atoms with van der Waals surface area (Å²) < 4.78 is 65.3. The predicted molar refractivity (Wildman–Crippen MR) is 96.0 cm³/mol. The van der Waals surface area contributed by atoms with Crippen molar-refractivity contribution in [3.8, 4) is 5.75 Å². The van der Waals surface area contributed by atoms with E-state index >= 15 is 4.39 Å². The largest absolute Gasteiger partial charge is 0.496 e. The second kappa shape index (κ2) is 7.38. The third-order valence-corrected chi connectivity index (χ3v) is 4.67. The number of methoxy groups -OCH3 is 1. The van der Waals surface area contributed by atoms with E-state index < -0.39 is 46.7 Å². The number of anilines is 1. The number of benzene rings is 2. The molecular formula is C18H11Cl2F4NO4. The summed E-state index contributed by atoms with van der Waals surface area (Å²) in [6, 6.07) is 4.93. The van der Waals surface area contributed by atoms with Gasteiger partial charge in [-0.05, 0) is 30.3 Å². The summed E-state index contributed by atoms with van der Waals surface area (Å²) in [6.45, 7) is 0. The van der Waals surface area contributed by atoms with Gasteiger partial charge in [-0.2, -0.15) is 13.2 Å². The molecule has 1 unspecified atom stereocenters. The van der Waals surface area contributed by atoms with Gasteiger partial charge < -0.3 is 9.47 Å². The number of imide groups is 1. The molecule has 3 rings (SSSR count). The Bertz CT molecular complexity index is 998. The maximum Gasteiger partial charge on any atom is 0.422 e. The maximum atomic E-state index is 16.3. The molecule has 1 atom stereocenters. The van der Waals surface area contributed by atoms with Gasteiger partial charge in [0.05, 0.1) is 18.4 Å². The van der Waals surface area contributed by atoms with E-state index in [1.54, 1.807) is 0 Å². The summed E-state index contributed by atoms with van der Waals surface area (Å²) in [5, 5.41) is 0.0425. The van der Waals surface area contributed by atoms with Crippen molar-refractivity contribution < 1.29 is 36.6 Å². The van der Waals surface area contributed by atoms with Crippen molar-refractivity contribution in [3.63, 3.8) is 0 Å². The molecule has 0 aromatic heterocycles. The van der Waals surface area contributed by atoms with Gasteiger partial charge in [0.2, 0.25) is 5.67 Å². The zero-order valence-corrected chi connectivity index (χ0v) is 16.0. The number of nitrogens with zero attached hydrogens (tertiary/aromatic N) is 1. The Labute approximate surface area is 171 Å². The summed E-state index contributed by atoms with van der Waals surface area (Å²) in [7, 11) is 1.21. The standard InChI is InChI=1S/C18H11Cl2F4NO4/c1-28-14-5-3-10(20)7-12(14)17(21)11-4-2-9(18(22,23)24)6-13(11)25(15(17)26)16(27)29-8-19/h2-7H,8H2,1H3. The van der Waals surface area contributed by atoms with E-state index in [0.29, 0.717) is 12.1 Å². The molecule has 0 fully saturated rings. The van der Waals surface area contributed by atoms with E-state index in [1.165, 1.54) is 19.2 Å². The van der Waals surface area contributed by atoms with Crippen molar-refractivity contribution in [3.05, 3.63) is 58.1 Å². The predicted octanol–water partition coefficient (Wildman–Crippen LogP) is 5.26. The molecule has 11 heteroatoms. The summed E-state index contributed by atoms with van der Waals surface area (Å²) in [5.41, 5.74) is -5.73. The van der Waals surface area contributed by atoms with E-state index in [2.05, 4.69) is 4.74 Å². The molecule has 1 aliphatic heterocycles. The normalized spacial score (nSPS) is 18.6. The fraction of sp³-hybridized carbons (Fsp3) is 0.222. The number of fused-ring (bicyclic) bond motifs is 1. The van der Waals surface area contributed by atoms with Crippen molar-refractivity contribution in [1.82, 2.24) is 0 Å². The molecular weight excluding hydrogens is 441 g/mol. The molecule has 5 nitrogen and oxygen atoms in total. The summed E-state index contributed by atoms with van der Waals surface area (Å²) in [5.74, 6) is -1.58. The molecule has 2 aromatic rings. The van der Waals surface area contributed by atoms with Crippen LogP contribution in [0.4, 0.5) is 28.0 Å². The SMILES string of the molecule is COc1ccc(Cl)cc1C1(F)C(=O)N(C(=O)OCCl)c2cc(C(F)(F)F)ccc21. The first-order chi connectivity index (χ1) is 13.6. The Hall–Kier alpha value is -2.52. The first-order valence-corrected chi connectivity index (χ1v) is 8.78. The van der Waals surface area contributed by atoms with Crippen LogP contribution in [0.3, 0.4) is 0 Å². The molecule has 0 N–H and O–H groups in total. The highest BCUT2D eigenvalue weighted by Gasteiger charge is 2.57. The van der Waals surface area contributed by atoms with Crippen molar-refractivity contribution in [2.24, 2.45) is 0 Å². The molecule has 29 heavy (non-hydrogen) atoms. The molecule has 154 valence electrons. The van der Waals surface area contributed by atoms with Gasteiger partial charge >= 0.3 is 12.3 Å². The number of halogens is 6.